The number of carbonyl (C=O) groups excluding carboxylic acids is 2. The minimum atomic E-state index is -0.624. The molecule has 1 aliphatic heterocycles. The highest BCUT2D eigenvalue weighted by atomic mass is 79.9. The van der Waals surface area contributed by atoms with Crippen molar-refractivity contribution < 1.29 is 14.3 Å². The van der Waals surface area contributed by atoms with Gasteiger partial charge < -0.3 is 20.3 Å². The molecule has 114 valence electrons. The van der Waals surface area contributed by atoms with Crippen LogP contribution in [0.15, 0.2) is 22.7 Å². The molecule has 1 heterocycles. The second kappa shape index (κ2) is 7.42. The molecule has 0 aliphatic carbocycles. The largest absolute Gasteiger partial charge is 0.495 e. The number of amides is 2. The minimum absolute atomic E-state index is 0.499. The van der Waals surface area contributed by atoms with E-state index in [2.05, 4.69) is 26.6 Å². The van der Waals surface area contributed by atoms with Crippen molar-refractivity contribution in [2.45, 2.75) is 6.42 Å². The summed E-state index contributed by atoms with van der Waals surface area (Å²) in [6, 6.07) is 5.13. The molecule has 0 aromatic heterocycles. The molecule has 21 heavy (non-hydrogen) atoms. The summed E-state index contributed by atoms with van der Waals surface area (Å²) in [5, 5.41) is 5.80. The van der Waals surface area contributed by atoms with Gasteiger partial charge in [0.25, 0.3) is 0 Å². The lowest BCUT2D eigenvalue weighted by molar-refractivity contribution is -0.143. The first kappa shape index (κ1) is 15.8. The van der Waals surface area contributed by atoms with Crippen molar-refractivity contribution in [2.24, 2.45) is 0 Å². The number of benzene rings is 1. The Hall–Kier alpha value is -1.60. The van der Waals surface area contributed by atoms with Crippen molar-refractivity contribution in [3.8, 4) is 5.75 Å². The van der Waals surface area contributed by atoms with Crippen LogP contribution in [-0.2, 0) is 9.59 Å². The normalized spacial score (nSPS) is 15.2. The van der Waals surface area contributed by atoms with Crippen molar-refractivity contribution in [3.05, 3.63) is 22.7 Å². The molecule has 0 atom stereocenters. The van der Waals surface area contributed by atoms with Gasteiger partial charge >= 0.3 is 11.8 Å². The molecular formula is C14H18BrN3O3. The second-order valence-electron chi connectivity index (χ2n) is 4.70. The molecule has 0 spiro atoms. The average molecular weight is 356 g/mol. The van der Waals surface area contributed by atoms with Crippen LogP contribution in [0.3, 0.4) is 0 Å². The van der Waals surface area contributed by atoms with E-state index in [1.165, 1.54) is 0 Å². The molecular weight excluding hydrogens is 338 g/mol. The zero-order valence-corrected chi connectivity index (χ0v) is 13.4. The Morgan fingerprint density at radius 1 is 1.33 bits per heavy atom. The van der Waals surface area contributed by atoms with E-state index < -0.39 is 11.8 Å². The average Bonchev–Trinajstić information content (AvgIpc) is 2.77. The third kappa shape index (κ3) is 4.18. The van der Waals surface area contributed by atoms with E-state index in [0.29, 0.717) is 31.1 Å². The van der Waals surface area contributed by atoms with Gasteiger partial charge in [-0.3, -0.25) is 9.59 Å². The van der Waals surface area contributed by atoms with Gasteiger partial charge in [-0.2, -0.15) is 0 Å². The topological polar surface area (TPSA) is 70.7 Å². The molecule has 2 N–H and O–H groups in total. The number of anilines is 1. The van der Waals surface area contributed by atoms with Crippen LogP contribution in [0.4, 0.5) is 5.69 Å². The van der Waals surface area contributed by atoms with Gasteiger partial charge in [0.1, 0.15) is 5.75 Å². The summed E-state index contributed by atoms with van der Waals surface area (Å²) >= 11 is 3.34. The van der Waals surface area contributed by atoms with Gasteiger partial charge in [-0.1, -0.05) is 0 Å². The van der Waals surface area contributed by atoms with Crippen LogP contribution in [0.5, 0.6) is 5.75 Å². The highest BCUT2D eigenvalue weighted by Crippen LogP contribution is 2.27. The molecule has 1 aliphatic rings. The predicted octanol–water partition coefficient (Wildman–Crippen LogP) is 1.22. The predicted molar refractivity (Wildman–Crippen MR) is 83.4 cm³/mol. The molecule has 2 amide bonds. The van der Waals surface area contributed by atoms with Crippen LogP contribution in [0.1, 0.15) is 6.42 Å². The van der Waals surface area contributed by atoms with Crippen molar-refractivity contribution >= 4 is 33.4 Å². The number of halogens is 1. The lowest BCUT2D eigenvalue weighted by atomic mass is 10.3. The lowest BCUT2D eigenvalue weighted by Gasteiger charge is -2.19. The van der Waals surface area contributed by atoms with E-state index >= 15 is 0 Å². The number of carbonyl (C=O) groups is 2. The molecule has 6 nitrogen and oxygen atoms in total. The molecule has 0 radical (unpaired) electrons. The third-order valence-corrected chi connectivity index (χ3v) is 3.89. The zero-order valence-electron chi connectivity index (χ0n) is 11.8. The fourth-order valence-electron chi connectivity index (χ4n) is 2.11. The lowest BCUT2D eigenvalue weighted by Crippen LogP contribution is -2.41. The molecule has 1 saturated heterocycles. The summed E-state index contributed by atoms with van der Waals surface area (Å²) in [6.07, 6.45) is 0.852. The molecule has 0 saturated carbocycles. The quantitative estimate of drug-likeness (QED) is 0.782. The Morgan fingerprint density at radius 3 is 2.90 bits per heavy atom. The van der Waals surface area contributed by atoms with Crippen LogP contribution >= 0.6 is 15.9 Å². The number of rotatable bonds is 2. The Balaban J connectivity index is 2.01. The van der Waals surface area contributed by atoms with Gasteiger partial charge in [0, 0.05) is 31.4 Å². The van der Waals surface area contributed by atoms with E-state index in [1.807, 2.05) is 0 Å². The van der Waals surface area contributed by atoms with Crippen LogP contribution in [0, 0.1) is 0 Å². The Labute approximate surface area is 132 Å². The fourth-order valence-corrected chi connectivity index (χ4v) is 2.52. The standard InChI is InChI=1S/C14H18BrN3O3/c1-21-12-9-10(3-4-11(12)15)17-13(19)14(20)18-7-2-5-16-6-8-18/h3-4,9,16H,2,5-8H2,1H3,(H,17,19). The number of ether oxygens (including phenoxy) is 1. The Kier molecular flexibility index (Phi) is 5.58. The summed E-state index contributed by atoms with van der Waals surface area (Å²) in [5.41, 5.74) is 0.529. The molecule has 0 bridgehead atoms. The number of nitrogens with one attached hydrogen (secondary N) is 2. The van der Waals surface area contributed by atoms with Gasteiger partial charge in [0.15, 0.2) is 0 Å². The smallest absolute Gasteiger partial charge is 0.313 e. The maximum Gasteiger partial charge on any atom is 0.313 e. The number of methoxy groups -OCH3 is 1. The van der Waals surface area contributed by atoms with Gasteiger partial charge in [-0.05, 0) is 41.0 Å². The van der Waals surface area contributed by atoms with E-state index in [4.69, 9.17) is 4.74 Å². The van der Waals surface area contributed by atoms with E-state index in [9.17, 15) is 9.59 Å². The van der Waals surface area contributed by atoms with Gasteiger partial charge in [0.05, 0.1) is 11.6 Å². The van der Waals surface area contributed by atoms with Crippen molar-refractivity contribution in [2.75, 3.05) is 38.6 Å². The van der Waals surface area contributed by atoms with Crippen LogP contribution < -0.4 is 15.4 Å². The summed E-state index contributed by atoms with van der Waals surface area (Å²) in [7, 11) is 1.54. The maximum atomic E-state index is 12.1. The summed E-state index contributed by atoms with van der Waals surface area (Å²) < 4.78 is 5.94. The van der Waals surface area contributed by atoms with Crippen molar-refractivity contribution in [1.82, 2.24) is 10.2 Å². The molecule has 2 rings (SSSR count). The number of nitrogens with zero attached hydrogens (tertiary/aromatic N) is 1. The fraction of sp³-hybridized carbons (Fsp3) is 0.429. The van der Waals surface area contributed by atoms with Gasteiger partial charge in [-0.25, -0.2) is 0 Å². The number of hydrogen-bond acceptors (Lipinski definition) is 4. The Morgan fingerprint density at radius 2 is 2.14 bits per heavy atom. The third-order valence-electron chi connectivity index (χ3n) is 3.23. The summed E-state index contributed by atoms with van der Waals surface area (Å²) in [5.74, 6) is -0.527. The van der Waals surface area contributed by atoms with Gasteiger partial charge in [0.2, 0.25) is 0 Å². The second-order valence-corrected chi connectivity index (χ2v) is 5.55. The molecule has 0 unspecified atom stereocenters. The summed E-state index contributed by atoms with van der Waals surface area (Å²) in [6.45, 7) is 2.74. The first-order chi connectivity index (χ1) is 10.1. The highest BCUT2D eigenvalue weighted by molar-refractivity contribution is 9.10. The molecule has 1 aromatic rings. The van der Waals surface area contributed by atoms with Gasteiger partial charge in [-0.15, -0.1) is 0 Å². The molecule has 1 aromatic carbocycles. The molecule has 1 fully saturated rings. The highest BCUT2D eigenvalue weighted by Gasteiger charge is 2.22. The van der Waals surface area contributed by atoms with Crippen LogP contribution in [0.2, 0.25) is 0 Å². The van der Waals surface area contributed by atoms with Crippen LogP contribution in [0.25, 0.3) is 0 Å². The number of hydrogen-bond donors (Lipinski definition) is 2. The maximum absolute atomic E-state index is 12.1. The first-order valence-electron chi connectivity index (χ1n) is 6.76. The van der Waals surface area contributed by atoms with Crippen LogP contribution in [-0.4, -0.2) is 50.0 Å². The van der Waals surface area contributed by atoms with E-state index in [0.717, 1.165) is 17.4 Å². The van der Waals surface area contributed by atoms with Crippen molar-refractivity contribution in [3.63, 3.8) is 0 Å². The first-order valence-corrected chi connectivity index (χ1v) is 7.55. The molecule has 7 heteroatoms. The van der Waals surface area contributed by atoms with E-state index in [-0.39, 0.29) is 0 Å². The van der Waals surface area contributed by atoms with Crippen molar-refractivity contribution in [1.29, 1.82) is 0 Å². The SMILES string of the molecule is COc1cc(NC(=O)C(=O)N2CCCNCC2)ccc1Br. The minimum Gasteiger partial charge on any atom is -0.495 e. The van der Waals surface area contributed by atoms with E-state index in [1.54, 1.807) is 30.2 Å². The zero-order chi connectivity index (χ0) is 15.2. The summed E-state index contributed by atoms with van der Waals surface area (Å²) in [4.78, 5) is 25.7. The monoisotopic (exact) mass is 355 g/mol. The Bertz CT molecular complexity index is 528.